The van der Waals surface area contributed by atoms with Crippen LogP contribution in [0.5, 0.6) is 0 Å². The molecule has 292 valence electrons. The van der Waals surface area contributed by atoms with Crippen LogP contribution in [-0.2, 0) is 40.8 Å². The number of amides is 1. The summed E-state index contributed by atoms with van der Waals surface area (Å²) in [6.45, 7) is 0.707. The van der Waals surface area contributed by atoms with Crippen LogP contribution in [0.15, 0.2) is 53.3 Å². The molecule has 3 atom stereocenters. The number of aromatic nitrogens is 6. The number of rotatable bonds is 10. The van der Waals surface area contributed by atoms with Crippen LogP contribution < -0.4 is 15.6 Å². The fourth-order valence-corrected chi connectivity index (χ4v) is 8.53. The topological polar surface area (TPSA) is 146 Å². The predicted molar refractivity (Wildman–Crippen MR) is 193 cm³/mol. The molecule has 2 aliphatic rings. The van der Waals surface area contributed by atoms with Crippen LogP contribution in [0, 0.1) is 24.5 Å². The number of hydrogen-bond donors (Lipinski definition) is 2. The minimum absolute atomic E-state index is 0.00838. The lowest BCUT2D eigenvalue weighted by Gasteiger charge is -2.24. The van der Waals surface area contributed by atoms with Crippen molar-refractivity contribution in [3.8, 4) is 5.69 Å². The van der Waals surface area contributed by atoms with E-state index in [0.717, 1.165) is 23.0 Å². The molecule has 3 heterocycles. The standard InChI is InChI=1S/C36H29ClF6N8O4S/c1-15-5-4-6-22-26(15)35(53)51(24-8-7-21(37)28-30(24)49(2)47-33(28)48-56(3,54)55)34(45-22)23(11-16-9-17(38)12-18(39)10-16)44-25(52)14-50-31-27(29(46-50)32(40)41)19-13-20(19)36(31,42)43/h4-10,12,19-20,23,32H,11,13-14H2,1-3H3,(H,44,52)(H,47,48)/t19-,20+,23-/m0/s1. The third-order valence-electron chi connectivity index (χ3n) is 10.0. The smallest absolute Gasteiger partial charge is 0.293 e. The minimum Gasteiger partial charge on any atom is -0.344 e. The van der Waals surface area contributed by atoms with Crippen molar-refractivity contribution in [3.63, 3.8) is 0 Å². The second-order valence-corrected chi connectivity index (χ2v) is 16.2. The molecule has 0 spiro atoms. The predicted octanol–water partition coefficient (Wildman–Crippen LogP) is 6.33. The number of hydrogen-bond acceptors (Lipinski definition) is 7. The van der Waals surface area contributed by atoms with Crippen LogP contribution in [0.2, 0.25) is 5.02 Å². The van der Waals surface area contributed by atoms with Gasteiger partial charge in [-0.25, -0.2) is 31.0 Å². The lowest BCUT2D eigenvalue weighted by molar-refractivity contribution is -0.123. The number of nitrogens with one attached hydrogen (secondary N) is 2. The average molecular weight is 819 g/mol. The van der Waals surface area contributed by atoms with E-state index in [4.69, 9.17) is 16.6 Å². The summed E-state index contributed by atoms with van der Waals surface area (Å²) in [6.07, 6.45) is -2.70. The Hall–Kier alpha value is -5.43. The van der Waals surface area contributed by atoms with Gasteiger partial charge >= 0.3 is 0 Å². The fourth-order valence-electron chi connectivity index (χ4n) is 7.79. The van der Waals surface area contributed by atoms with E-state index in [1.807, 2.05) is 0 Å². The van der Waals surface area contributed by atoms with Crippen LogP contribution in [-0.4, -0.2) is 49.7 Å². The number of nitrogens with zero attached hydrogens (tertiary/aromatic N) is 6. The third kappa shape index (κ3) is 6.25. The van der Waals surface area contributed by atoms with Gasteiger partial charge in [0.2, 0.25) is 15.9 Å². The van der Waals surface area contributed by atoms with Gasteiger partial charge in [-0.05, 0) is 60.7 Å². The molecule has 1 fully saturated rings. The SMILES string of the molecule is Cc1cccc2nc([C@H](Cc3cc(F)cc(F)c3)NC(=O)Cn3nc(C(F)F)c4c3C(F)(F)[C@@H]3C[C@H]43)n(-c3ccc(Cl)c4c(NS(C)(=O)=O)nn(C)c34)c(=O)c12. The maximum atomic E-state index is 15.4. The average Bonchev–Trinajstić information content (AvgIpc) is 3.63. The summed E-state index contributed by atoms with van der Waals surface area (Å²) in [5.74, 6) is -8.85. The number of carbonyl (C=O) groups excluding carboxylic acids is 1. The van der Waals surface area contributed by atoms with Crippen LogP contribution >= 0.6 is 11.6 Å². The normalized spacial score (nSPS) is 17.7. The molecule has 6 aromatic rings. The van der Waals surface area contributed by atoms with E-state index in [9.17, 15) is 35.6 Å². The highest BCUT2D eigenvalue weighted by Crippen LogP contribution is 2.68. The van der Waals surface area contributed by atoms with Gasteiger partial charge in [0.25, 0.3) is 17.9 Å². The van der Waals surface area contributed by atoms with Crippen molar-refractivity contribution in [2.75, 3.05) is 11.0 Å². The Kier molecular flexibility index (Phi) is 8.75. The summed E-state index contributed by atoms with van der Waals surface area (Å²) in [5, 5.41) is 10.9. The number of sulfonamides is 1. The highest BCUT2D eigenvalue weighted by molar-refractivity contribution is 7.92. The van der Waals surface area contributed by atoms with Crippen molar-refractivity contribution in [1.29, 1.82) is 0 Å². The lowest BCUT2D eigenvalue weighted by Crippen LogP contribution is -2.38. The maximum Gasteiger partial charge on any atom is 0.293 e. The van der Waals surface area contributed by atoms with E-state index in [1.54, 1.807) is 19.1 Å². The molecule has 56 heavy (non-hydrogen) atoms. The molecule has 1 amide bonds. The van der Waals surface area contributed by atoms with Gasteiger partial charge in [-0.2, -0.15) is 19.0 Å². The van der Waals surface area contributed by atoms with E-state index >= 15 is 8.78 Å². The third-order valence-corrected chi connectivity index (χ3v) is 10.9. The first kappa shape index (κ1) is 37.5. The van der Waals surface area contributed by atoms with Gasteiger partial charge in [-0.15, -0.1) is 0 Å². The Labute approximate surface area is 318 Å². The van der Waals surface area contributed by atoms with Crippen molar-refractivity contribution in [3.05, 3.63) is 109 Å². The first-order valence-corrected chi connectivity index (χ1v) is 19.3. The molecular formula is C36H29ClF6N8O4S. The zero-order valence-electron chi connectivity index (χ0n) is 29.4. The number of anilines is 1. The van der Waals surface area contributed by atoms with Crippen molar-refractivity contribution >= 4 is 55.2 Å². The monoisotopic (exact) mass is 818 g/mol. The Morgan fingerprint density at radius 1 is 1.07 bits per heavy atom. The largest absolute Gasteiger partial charge is 0.344 e. The molecule has 8 rings (SSSR count). The van der Waals surface area contributed by atoms with Gasteiger partial charge in [0, 0.05) is 31.0 Å². The molecule has 1 saturated carbocycles. The molecular weight excluding hydrogens is 790 g/mol. The lowest BCUT2D eigenvalue weighted by atomic mass is 10.0. The fraction of sp³-hybridized carbons (Fsp3) is 0.306. The Balaban J connectivity index is 1.32. The quantitative estimate of drug-likeness (QED) is 0.154. The van der Waals surface area contributed by atoms with E-state index in [2.05, 4.69) is 20.2 Å². The number of carbonyl (C=O) groups is 1. The summed E-state index contributed by atoms with van der Waals surface area (Å²) in [4.78, 5) is 33.4. The molecule has 3 aromatic heterocycles. The number of fused-ring (bicyclic) bond motifs is 5. The van der Waals surface area contributed by atoms with Crippen molar-refractivity contribution in [1.82, 2.24) is 34.4 Å². The molecule has 0 radical (unpaired) electrons. The Morgan fingerprint density at radius 2 is 1.79 bits per heavy atom. The molecule has 0 aliphatic heterocycles. The zero-order chi connectivity index (χ0) is 40.2. The highest BCUT2D eigenvalue weighted by atomic mass is 35.5. The summed E-state index contributed by atoms with van der Waals surface area (Å²) in [7, 11) is -2.42. The van der Waals surface area contributed by atoms with E-state index < -0.39 is 87.7 Å². The molecule has 3 aromatic carbocycles. The number of alkyl halides is 4. The number of halogens is 7. The maximum absolute atomic E-state index is 15.4. The van der Waals surface area contributed by atoms with Crippen LogP contribution in [0.25, 0.3) is 27.5 Å². The number of aryl methyl sites for hydroxylation is 2. The van der Waals surface area contributed by atoms with Crippen LogP contribution in [0.3, 0.4) is 0 Å². The molecule has 0 bridgehead atoms. The Morgan fingerprint density at radius 3 is 2.46 bits per heavy atom. The molecule has 0 saturated heterocycles. The van der Waals surface area contributed by atoms with Gasteiger partial charge < -0.3 is 5.32 Å². The van der Waals surface area contributed by atoms with Gasteiger partial charge in [0.15, 0.2) is 5.82 Å². The zero-order valence-corrected chi connectivity index (χ0v) is 31.0. The number of benzene rings is 3. The highest BCUT2D eigenvalue weighted by Gasteiger charge is 2.67. The summed E-state index contributed by atoms with van der Waals surface area (Å²) < 4.78 is 118. The van der Waals surface area contributed by atoms with Crippen LogP contribution in [0.4, 0.5) is 32.2 Å². The van der Waals surface area contributed by atoms with Crippen molar-refractivity contribution in [2.24, 2.45) is 13.0 Å². The minimum atomic E-state index is -3.88. The van der Waals surface area contributed by atoms with E-state index in [-0.39, 0.29) is 61.7 Å². The van der Waals surface area contributed by atoms with E-state index in [1.165, 1.54) is 29.9 Å². The van der Waals surface area contributed by atoms with Gasteiger partial charge in [-0.1, -0.05) is 23.7 Å². The van der Waals surface area contributed by atoms with Gasteiger partial charge in [0.1, 0.15) is 35.4 Å². The summed E-state index contributed by atoms with van der Waals surface area (Å²) >= 11 is 6.57. The first-order chi connectivity index (χ1) is 26.3. The molecule has 12 nitrogen and oxygen atoms in total. The molecule has 0 unspecified atom stereocenters. The second-order valence-electron chi connectivity index (χ2n) is 14.0. The van der Waals surface area contributed by atoms with Crippen molar-refractivity contribution < 1.29 is 39.6 Å². The molecule has 2 aliphatic carbocycles. The first-order valence-electron chi connectivity index (χ1n) is 17.0. The van der Waals surface area contributed by atoms with Crippen LogP contribution in [0.1, 0.15) is 58.7 Å². The molecule has 2 N–H and O–H groups in total. The summed E-state index contributed by atoms with van der Waals surface area (Å²) in [6, 6.07) is 8.78. The second kappa shape index (κ2) is 13.1. The van der Waals surface area contributed by atoms with Gasteiger partial charge in [0.05, 0.1) is 44.8 Å². The molecule has 20 heteroatoms. The van der Waals surface area contributed by atoms with E-state index in [0.29, 0.717) is 16.3 Å². The van der Waals surface area contributed by atoms with Crippen molar-refractivity contribution in [2.45, 2.75) is 50.6 Å². The summed E-state index contributed by atoms with van der Waals surface area (Å²) in [5.41, 5.74) is -1.73. The van der Waals surface area contributed by atoms with Gasteiger partial charge in [-0.3, -0.25) is 28.2 Å². The Bertz CT molecular complexity index is 2800.